The van der Waals surface area contributed by atoms with Crippen molar-refractivity contribution >= 4 is 11.9 Å². The fourth-order valence-corrected chi connectivity index (χ4v) is 1.11. The highest BCUT2D eigenvalue weighted by atomic mass is 16.4. The van der Waals surface area contributed by atoms with Crippen LogP contribution in [0.15, 0.2) is 6.20 Å². The van der Waals surface area contributed by atoms with E-state index in [0.29, 0.717) is 0 Å². The highest BCUT2D eigenvalue weighted by Gasteiger charge is 2.26. The van der Waals surface area contributed by atoms with Crippen molar-refractivity contribution in [3.05, 3.63) is 11.9 Å². The molecule has 1 rings (SSSR count). The van der Waals surface area contributed by atoms with E-state index in [1.165, 1.54) is 17.9 Å². The van der Waals surface area contributed by atoms with Gasteiger partial charge in [-0.1, -0.05) is 5.21 Å². The quantitative estimate of drug-likeness (QED) is 0.674. The Bertz CT molecular complexity index is 360. The molecule has 0 aliphatic rings. The number of rotatable bonds is 4. The predicted molar refractivity (Wildman–Crippen MR) is 43.6 cm³/mol. The summed E-state index contributed by atoms with van der Waals surface area (Å²) in [6.07, 6.45) is 0.776. The van der Waals surface area contributed by atoms with Gasteiger partial charge in [0.15, 0.2) is 0 Å². The Morgan fingerprint density at radius 3 is 2.57 bits per heavy atom. The molecule has 1 aromatic heterocycles. The number of hydrogen-bond donors (Lipinski definition) is 2. The fraction of sp³-hybridized carbons (Fsp3) is 0.429. The SMILES string of the molecule is Cn1nncc1C(CC(=O)O)C(=O)O. The molecule has 0 fully saturated rings. The lowest BCUT2D eigenvalue weighted by molar-refractivity contribution is -0.145. The monoisotopic (exact) mass is 199 g/mol. The van der Waals surface area contributed by atoms with Crippen LogP contribution in [-0.4, -0.2) is 37.1 Å². The number of aryl methyl sites for hydroxylation is 1. The molecule has 0 aliphatic carbocycles. The summed E-state index contributed by atoms with van der Waals surface area (Å²) in [5.74, 6) is -3.47. The van der Waals surface area contributed by atoms with Crippen LogP contribution in [0.25, 0.3) is 0 Å². The Morgan fingerprint density at radius 2 is 2.21 bits per heavy atom. The van der Waals surface area contributed by atoms with Crippen molar-refractivity contribution in [2.24, 2.45) is 7.05 Å². The zero-order valence-corrected chi connectivity index (χ0v) is 7.41. The number of carboxylic acid groups (broad SMARTS) is 2. The van der Waals surface area contributed by atoms with Gasteiger partial charge in [-0.3, -0.25) is 14.3 Å². The van der Waals surface area contributed by atoms with E-state index in [1.807, 2.05) is 0 Å². The molecule has 0 radical (unpaired) electrons. The molecule has 0 amide bonds. The van der Waals surface area contributed by atoms with Gasteiger partial charge in [0.2, 0.25) is 0 Å². The molecule has 7 heteroatoms. The zero-order valence-electron chi connectivity index (χ0n) is 7.41. The van der Waals surface area contributed by atoms with E-state index in [4.69, 9.17) is 10.2 Å². The zero-order chi connectivity index (χ0) is 10.7. The maximum atomic E-state index is 10.8. The summed E-state index contributed by atoms with van der Waals surface area (Å²) < 4.78 is 1.25. The number of nitrogens with zero attached hydrogens (tertiary/aromatic N) is 3. The Hall–Kier alpha value is -1.92. The summed E-state index contributed by atoms with van der Waals surface area (Å²) in [6.45, 7) is 0. The predicted octanol–water partition coefficient (Wildman–Crippen LogP) is -0.542. The average Bonchev–Trinajstić information content (AvgIpc) is 2.46. The number of carboxylic acids is 2. The van der Waals surface area contributed by atoms with Gasteiger partial charge in [0.25, 0.3) is 0 Å². The second-order valence-electron chi connectivity index (χ2n) is 2.77. The van der Waals surface area contributed by atoms with Gasteiger partial charge in [0, 0.05) is 7.05 Å². The molecule has 0 spiro atoms. The summed E-state index contributed by atoms with van der Waals surface area (Å²) >= 11 is 0. The summed E-state index contributed by atoms with van der Waals surface area (Å²) in [4.78, 5) is 21.2. The maximum absolute atomic E-state index is 10.8. The van der Waals surface area contributed by atoms with Crippen molar-refractivity contribution < 1.29 is 19.8 Å². The molecular weight excluding hydrogens is 190 g/mol. The van der Waals surface area contributed by atoms with Crippen molar-refractivity contribution in [3.63, 3.8) is 0 Å². The van der Waals surface area contributed by atoms with Gasteiger partial charge >= 0.3 is 11.9 Å². The lowest BCUT2D eigenvalue weighted by Crippen LogP contribution is -2.18. The van der Waals surface area contributed by atoms with Crippen LogP contribution in [0.4, 0.5) is 0 Å². The molecule has 76 valence electrons. The summed E-state index contributed by atoms with van der Waals surface area (Å²) in [6, 6.07) is 0. The third-order valence-electron chi connectivity index (χ3n) is 1.78. The summed E-state index contributed by atoms with van der Waals surface area (Å²) in [7, 11) is 1.51. The first-order valence-electron chi connectivity index (χ1n) is 3.81. The lowest BCUT2D eigenvalue weighted by atomic mass is 10.0. The number of aromatic nitrogens is 3. The molecule has 0 aliphatic heterocycles. The van der Waals surface area contributed by atoms with Crippen molar-refractivity contribution in [3.8, 4) is 0 Å². The Labute approximate surface area is 79.0 Å². The first-order valence-corrected chi connectivity index (χ1v) is 3.81. The topological polar surface area (TPSA) is 105 Å². The van der Waals surface area contributed by atoms with Crippen LogP contribution in [0.3, 0.4) is 0 Å². The molecule has 2 N–H and O–H groups in total. The van der Waals surface area contributed by atoms with Crippen LogP contribution in [0.5, 0.6) is 0 Å². The number of carbonyl (C=O) groups is 2. The van der Waals surface area contributed by atoms with E-state index in [2.05, 4.69) is 10.3 Å². The van der Waals surface area contributed by atoms with Gasteiger partial charge in [0.05, 0.1) is 18.3 Å². The molecule has 14 heavy (non-hydrogen) atoms. The Morgan fingerprint density at radius 1 is 1.57 bits per heavy atom. The van der Waals surface area contributed by atoms with E-state index in [0.717, 1.165) is 0 Å². The van der Waals surface area contributed by atoms with Crippen molar-refractivity contribution in [2.75, 3.05) is 0 Å². The largest absolute Gasteiger partial charge is 0.481 e. The molecule has 1 atom stereocenters. The summed E-state index contributed by atoms with van der Waals surface area (Å²) in [5, 5.41) is 24.3. The van der Waals surface area contributed by atoms with Crippen LogP contribution in [-0.2, 0) is 16.6 Å². The molecular formula is C7H9N3O4. The van der Waals surface area contributed by atoms with Crippen molar-refractivity contribution in [2.45, 2.75) is 12.3 Å². The van der Waals surface area contributed by atoms with Crippen molar-refractivity contribution in [1.82, 2.24) is 15.0 Å². The molecule has 1 unspecified atom stereocenters. The van der Waals surface area contributed by atoms with E-state index in [1.54, 1.807) is 0 Å². The van der Waals surface area contributed by atoms with Crippen LogP contribution in [0.2, 0.25) is 0 Å². The summed E-state index contributed by atoms with van der Waals surface area (Å²) in [5.41, 5.74) is 0.278. The molecule has 1 aromatic rings. The van der Waals surface area contributed by atoms with Crippen LogP contribution >= 0.6 is 0 Å². The average molecular weight is 199 g/mol. The third-order valence-corrected chi connectivity index (χ3v) is 1.78. The highest BCUT2D eigenvalue weighted by molar-refractivity contribution is 5.81. The fourth-order valence-electron chi connectivity index (χ4n) is 1.11. The highest BCUT2D eigenvalue weighted by Crippen LogP contribution is 2.17. The van der Waals surface area contributed by atoms with E-state index in [9.17, 15) is 9.59 Å². The van der Waals surface area contributed by atoms with Gasteiger partial charge < -0.3 is 10.2 Å². The lowest BCUT2D eigenvalue weighted by Gasteiger charge is -2.08. The minimum atomic E-state index is -1.20. The van der Waals surface area contributed by atoms with E-state index in [-0.39, 0.29) is 5.69 Å². The maximum Gasteiger partial charge on any atom is 0.313 e. The first kappa shape index (κ1) is 10.2. The molecule has 0 bridgehead atoms. The second-order valence-corrected chi connectivity index (χ2v) is 2.77. The van der Waals surface area contributed by atoms with Crippen LogP contribution in [0, 0.1) is 0 Å². The number of aliphatic carboxylic acids is 2. The smallest absolute Gasteiger partial charge is 0.313 e. The molecule has 1 heterocycles. The molecule has 7 nitrogen and oxygen atoms in total. The van der Waals surface area contributed by atoms with Gasteiger partial charge in [0.1, 0.15) is 5.92 Å². The van der Waals surface area contributed by atoms with Gasteiger partial charge in [-0.15, -0.1) is 5.10 Å². The molecule has 0 aromatic carbocycles. The van der Waals surface area contributed by atoms with Gasteiger partial charge in [-0.05, 0) is 0 Å². The molecule has 0 saturated carbocycles. The van der Waals surface area contributed by atoms with Crippen LogP contribution < -0.4 is 0 Å². The van der Waals surface area contributed by atoms with Crippen LogP contribution in [0.1, 0.15) is 18.0 Å². The van der Waals surface area contributed by atoms with E-state index >= 15 is 0 Å². The minimum Gasteiger partial charge on any atom is -0.481 e. The molecule has 0 saturated heterocycles. The Balaban J connectivity index is 2.94. The van der Waals surface area contributed by atoms with E-state index < -0.39 is 24.3 Å². The van der Waals surface area contributed by atoms with Gasteiger partial charge in [-0.25, -0.2) is 0 Å². The Kier molecular flexibility index (Phi) is 2.80. The van der Waals surface area contributed by atoms with Crippen molar-refractivity contribution in [1.29, 1.82) is 0 Å². The third kappa shape index (κ3) is 2.06. The van der Waals surface area contributed by atoms with Gasteiger partial charge in [-0.2, -0.15) is 0 Å². The second kappa shape index (κ2) is 3.86. The first-order chi connectivity index (χ1) is 6.52. The number of hydrogen-bond acceptors (Lipinski definition) is 4. The standard InChI is InChI=1S/C7H9N3O4/c1-10-5(3-8-9-10)4(7(13)14)2-6(11)12/h3-4H,2H2,1H3,(H,11,12)(H,13,14). The minimum absolute atomic E-state index is 0.278. The normalized spacial score (nSPS) is 12.4.